The van der Waals surface area contributed by atoms with E-state index >= 15 is 0 Å². The molecule has 0 aliphatic heterocycles. The Morgan fingerprint density at radius 2 is 1.92 bits per heavy atom. The number of aryl methyl sites for hydroxylation is 2. The first kappa shape index (κ1) is 16.8. The summed E-state index contributed by atoms with van der Waals surface area (Å²) in [5.74, 6) is 0.557. The van der Waals surface area contributed by atoms with E-state index in [0.717, 1.165) is 14.9 Å². The molecule has 0 aliphatic carbocycles. The number of alkyl halides is 2. The lowest BCUT2D eigenvalue weighted by Gasteiger charge is -2.14. The second-order valence-electron chi connectivity index (χ2n) is 5.55. The van der Waals surface area contributed by atoms with Gasteiger partial charge in [-0.2, -0.15) is 9.36 Å². The molecule has 25 heavy (non-hydrogen) atoms. The molecule has 0 fully saturated rings. The van der Waals surface area contributed by atoms with Gasteiger partial charge in [0.15, 0.2) is 0 Å². The van der Waals surface area contributed by atoms with Crippen LogP contribution in [0.4, 0.5) is 8.78 Å². The largest absolute Gasteiger partial charge is 0.489 e. The van der Waals surface area contributed by atoms with Gasteiger partial charge in [-0.1, -0.05) is 24.3 Å². The lowest BCUT2D eigenvalue weighted by atomic mass is 10.1. The van der Waals surface area contributed by atoms with E-state index in [-0.39, 0.29) is 23.4 Å². The summed E-state index contributed by atoms with van der Waals surface area (Å²) in [5, 5.41) is 7.36. The van der Waals surface area contributed by atoms with E-state index < -0.39 is 12.1 Å². The molecule has 3 aromatic rings. The van der Waals surface area contributed by atoms with Gasteiger partial charge in [-0.05, 0) is 41.1 Å². The van der Waals surface area contributed by atoms with Crippen LogP contribution in [0.25, 0.3) is 5.69 Å². The third kappa shape index (κ3) is 3.42. The van der Waals surface area contributed by atoms with Gasteiger partial charge < -0.3 is 4.74 Å². The molecule has 0 N–H and O–H groups in total. The number of benzene rings is 2. The fourth-order valence-electron chi connectivity index (χ4n) is 2.48. The molecule has 1 aromatic heterocycles. The highest BCUT2D eigenvalue weighted by molar-refractivity contribution is 5.46. The molecule has 0 saturated heterocycles. The molecular formula is C17H16F2N4O2. The predicted octanol–water partition coefficient (Wildman–Crippen LogP) is 2.79. The number of halogens is 2. The average molecular weight is 346 g/mol. The number of aromatic nitrogens is 4. The molecule has 0 amide bonds. The second-order valence-corrected chi connectivity index (χ2v) is 5.55. The first-order valence-corrected chi connectivity index (χ1v) is 7.56. The van der Waals surface area contributed by atoms with E-state index in [2.05, 4.69) is 10.4 Å². The molecule has 0 radical (unpaired) electrons. The minimum Gasteiger partial charge on any atom is -0.489 e. The minimum atomic E-state index is -2.71. The normalized spacial score (nSPS) is 11.1. The molecule has 130 valence electrons. The summed E-state index contributed by atoms with van der Waals surface area (Å²) in [6, 6.07) is 11.6. The summed E-state index contributed by atoms with van der Waals surface area (Å²) in [7, 11) is 1.44. The molecule has 0 atom stereocenters. The summed E-state index contributed by atoms with van der Waals surface area (Å²) < 4.78 is 34.6. The first-order valence-electron chi connectivity index (χ1n) is 7.56. The Bertz CT molecular complexity index is 950. The van der Waals surface area contributed by atoms with E-state index in [1.54, 1.807) is 12.1 Å². The van der Waals surface area contributed by atoms with Crippen molar-refractivity contribution in [3.63, 3.8) is 0 Å². The number of ether oxygens (including phenoxy) is 1. The minimum absolute atomic E-state index is 0.123. The molecular weight excluding hydrogens is 330 g/mol. The molecule has 0 saturated carbocycles. The number of tetrazole rings is 1. The van der Waals surface area contributed by atoms with Gasteiger partial charge in [0.2, 0.25) is 0 Å². The van der Waals surface area contributed by atoms with Crippen LogP contribution in [0.1, 0.15) is 23.1 Å². The molecule has 0 aliphatic rings. The molecule has 2 aromatic carbocycles. The van der Waals surface area contributed by atoms with Crippen LogP contribution in [-0.4, -0.2) is 19.8 Å². The SMILES string of the molecule is Cc1cccc(OCc2c(C(F)F)cccc2-n2nnn(C)c2=O)c1. The van der Waals surface area contributed by atoms with Crippen molar-refractivity contribution in [2.24, 2.45) is 7.05 Å². The maximum absolute atomic E-state index is 13.4. The highest BCUT2D eigenvalue weighted by Crippen LogP contribution is 2.28. The lowest BCUT2D eigenvalue weighted by molar-refractivity contribution is 0.148. The van der Waals surface area contributed by atoms with Crippen molar-refractivity contribution >= 4 is 0 Å². The zero-order valence-electron chi connectivity index (χ0n) is 13.7. The van der Waals surface area contributed by atoms with Crippen LogP contribution in [0.2, 0.25) is 0 Å². The van der Waals surface area contributed by atoms with Crippen molar-refractivity contribution < 1.29 is 13.5 Å². The van der Waals surface area contributed by atoms with Crippen LogP contribution in [0.15, 0.2) is 47.3 Å². The standard InChI is InChI=1S/C17H16F2N4O2/c1-11-5-3-6-12(9-11)25-10-14-13(16(18)19)7-4-8-15(14)23-17(24)22(2)20-21-23/h3-9,16H,10H2,1-2H3. The van der Waals surface area contributed by atoms with Crippen LogP contribution in [0.3, 0.4) is 0 Å². The van der Waals surface area contributed by atoms with E-state index in [4.69, 9.17) is 4.74 Å². The quantitative estimate of drug-likeness (QED) is 0.713. The first-order chi connectivity index (χ1) is 12.0. The zero-order chi connectivity index (χ0) is 18.0. The fraction of sp³-hybridized carbons (Fsp3) is 0.235. The highest BCUT2D eigenvalue weighted by atomic mass is 19.3. The zero-order valence-corrected chi connectivity index (χ0v) is 13.7. The molecule has 0 unspecified atom stereocenters. The molecule has 0 bridgehead atoms. The van der Waals surface area contributed by atoms with E-state index in [0.29, 0.717) is 5.75 Å². The smallest absolute Gasteiger partial charge is 0.368 e. The highest BCUT2D eigenvalue weighted by Gasteiger charge is 2.20. The van der Waals surface area contributed by atoms with Gasteiger partial charge in [-0.3, -0.25) is 0 Å². The monoisotopic (exact) mass is 346 g/mol. The van der Waals surface area contributed by atoms with E-state index in [1.165, 1.54) is 25.2 Å². The number of rotatable bonds is 5. The molecule has 6 nitrogen and oxygen atoms in total. The van der Waals surface area contributed by atoms with Crippen molar-refractivity contribution in [3.8, 4) is 11.4 Å². The van der Waals surface area contributed by atoms with Gasteiger partial charge in [0.25, 0.3) is 6.43 Å². The summed E-state index contributed by atoms with van der Waals surface area (Å²) >= 11 is 0. The fourth-order valence-corrected chi connectivity index (χ4v) is 2.48. The van der Waals surface area contributed by atoms with Crippen molar-refractivity contribution in [3.05, 3.63) is 69.6 Å². The summed E-state index contributed by atoms with van der Waals surface area (Å²) in [4.78, 5) is 12.1. The van der Waals surface area contributed by atoms with Crippen LogP contribution >= 0.6 is 0 Å². The second kappa shape index (κ2) is 6.84. The van der Waals surface area contributed by atoms with E-state index in [9.17, 15) is 13.6 Å². The summed E-state index contributed by atoms with van der Waals surface area (Å²) in [5.41, 5.74) is 0.682. The van der Waals surface area contributed by atoms with Crippen LogP contribution in [0, 0.1) is 6.92 Å². The van der Waals surface area contributed by atoms with Crippen molar-refractivity contribution in [2.75, 3.05) is 0 Å². The Morgan fingerprint density at radius 1 is 1.16 bits per heavy atom. The third-order valence-corrected chi connectivity index (χ3v) is 3.75. The van der Waals surface area contributed by atoms with Crippen LogP contribution < -0.4 is 10.4 Å². The molecule has 8 heteroatoms. The molecule has 0 spiro atoms. The number of hydrogen-bond acceptors (Lipinski definition) is 4. The number of nitrogens with zero attached hydrogens (tertiary/aromatic N) is 4. The van der Waals surface area contributed by atoms with Crippen LogP contribution in [-0.2, 0) is 13.7 Å². The molecule has 3 rings (SSSR count). The molecule has 1 heterocycles. The average Bonchev–Trinajstić information content (AvgIpc) is 2.92. The Hall–Kier alpha value is -3.03. The third-order valence-electron chi connectivity index (χ3n) is 3.75. The van der Waals surface area contributed by atoms with Gasteiger partial charge in [0.05, 0.1) is 5.69 Å². The summed E-state index contributed by atoms with van der Waals surface area (Å²) in [6.45, 7) is 1.78. The van der Waals surface area contributed by atoms with Crippen molar-refractivity contribution in [2.45, 2.75) is 20.0 Å². The van der Waals surface area contributed by atoms with Gasteiger partial charge >= 0.3 is 5.69 Å². The Labute approximate surface area is 142 Å². The maximum atomic E-state index is 13.4. The predicted molar refractivity (Wildman–Crippen MR) is 87.1 cm³/mol. The number of hydrogen-bond donors (Lipinski definition) is 0. The topological polar surface area (TPSA) is 61.9 Å². The van der Waals surface area contributed by atoms with Crippen LogP contribution in [0.5, 0.6) is 5.75 Å². The Kier molecular flexibility index (Phi) is 4.60. The van der Waals surface area contributed by atoms with Gasteiger partial charge in [0.1, 0.15) is 12.4 Å². The van der Waals surface area contributed by atoms with Crippen molar-refractivity contribution in [1.82, 2.24) is 19.8 Å². The van der Waals surface area contributed by atoms with Crippen molar-refractivity contribution in [1.29, 1.82) is 0 Å². The van der Waals surface area contributed by atoms with Gasteiger partial charge in [-0.15, -0.1) is 0 Å². The maximum Gasteiger partial charge on any atom is 0.368 e. The van der Waals surface area contributed by atoms with Gasteiger partial charge in [0, 0.05) is 18.2 Å². The Morgan fingerprint density at radius 3 is 2.56 bits per heavy atom. The lowest BCUT2D eigenvalue weighted by Crippen LogP contribution is -2.23. The van der Waals surface area contributed by atoms with E-state index in [1.807, 2.05) is 19.1 Å². The van der Waals surface area contributed by atoms with Gasteiger partial charge in [-0.25, -0.2) is 13.6 Å². The summed E-state index contributed by atoms with van der Waals surface area (Å²) in [6.07, 6.45) is -2.71. The Balaban J connectivity index is 2.03.